The highest BCUT2D eigenvalue weighted by atomic mass is 15.1. The summed E-state index contributed by atoms with van der Waals surface area (Å²) in [6.07, 6.45) is 5.86. The normalized spacial score (nSPS) is 23.1. The van der Waals surface area contributed by atoms with E-state index in [-0.39, 0.29) is 0 Å². The monoisotopic (exact) mass is 253 g/mol. The van der Waals surface area contributed by atoms with E-state index >= 15 is 0 Å². The Morgan fingerprint density at radius 2 is 2.16 bits per heavy atom. The molecule has 1 unspecified atom stereocenters. The maximum Gasteiger partial charge on any atom is 0.0991 e. The van der Waals surface area contributed by atoms with Crippen molar-refractivity contribution in [1.82, 2.24) is 9.88 Å². The highest BCUT2D eigenvalue weighted by Crippen LogP contribution is 2.39. The van der Waals surface area contributed by atoms with Crippen LogP contribution >= 0.6 is 0 Å². The largest absolute Gasteiger partial charge is 0.361 e. The standard InChI is InChI=1S/C16H19N3/c1-19(2)13-5-4-12(8-13)15-10-18-16-6-3-11(9-17)7-14(15)16/h3,6-7,10,12-13,18H,4-5,8H2,1-2H3/t12-,13?/m0/s1. The van der Waals surface area contributed by atoms with E-state index < -0.39 is 0 Å². The van der Waals surface area contributed by atoms with E-state index in [4.69, 9.17) is 5.26 Å². The molecule has 19 heavy (non-hydrogen) atoms. The summed E-state index contributed by atoms with van der Waals surface area (Å²) in [5.41, 5.74) is 3.27. The van der Waals surface area contributed by atoms with E-state index in [1.165, 1.54) is 30.2 Å². The van der Waals surface area contributed by atoms with E-state index in [0.717, 1.165) is 11.1 Å². The Hall–Kier alpha value is -1.79. The van der Waals surface area contributed by atoms with E-state index in [0.29, 0.717) is 12.0 Å². The van der Waals surface area contributed by atoms with Crippen molar-refractivity contribution in [2.45, 2.75) is 31.2 Å². The van der Waals surface area contributed by atoms with Gasteiger partial charge in [-0.2, -0.15) is 5.26 Å². The van der Waals surface area contributed by atoms with Crippen LogP contribution < -0.4 is 0 Å². The Morgan fingerprint density at radius 3 is 2.84 bits per heavy atom. The number of hydrogen-bond donors (Lipinski definition) is 1. The quantitative estimate of drug-likeness (QED) is 0.892. The number of aromatic nitrogens is 1. The van der Waals surface area contributed by atoms with E-state index in [2.05, 4.69) is 36.2 Å². The second-order valence-electron chi connectivity index (χ2n) is 5.74. The van der Waals surface area contributed by atoms with Gasteiger partial charge in [0.25, 0.3) is 0 Å². The zero-order valence-electron chi connectivity index (χ0n) is 11.5. The molecule has 0 bridgehead atoms. The lowest BCUT2D eigenvalue weighted by Crippen LogP contribution is -2.24. The molecule has 2 atom stereocenters. The molecule has 98 valence electrons. The van der Waals surface area contributed by atoms with Gasteiger partial charge >= 0.3 is 0 Å². The molecule has 0 amide bonds. The third kappa shape index (κ3) is 2.13. The van der Waals surface area contributed by atoms with Gasteiger partial charge < -0.3 is 9.88 Å². The molecule has 1 saturated carbocycles. The first-order valence-electron chi connectivity index (χ1n) is 6.86. The summed E-state index contributed by atoms with van der Waals surface area (Å²) < 4.78 is 0. The first kappa shape index (κ1) is 12.3. The third-order valence-electron chi connectivity index (χ3n) is 4.42. The Labute approximate surface area is 113 Å². The van der Waals surface area contributed by atoms with E-state index in [9.17, 15) is 0 Å². The maximum atomic E-state index is 9.04. The van der Waals surface area contributed by atoms with Crippen molar-refractivity contribution in [1.29, 1.82) is 5.26 Å². The zero-order chi connectivity index (χ0) is 13.4. The van der Waals surface area contributed by atoms with Gasteiger partial charge in [0.1, 0.15) is 0 Å². The minimum absolute atomic E-state index is 0.620. The average molecular weight is 253 g/mol. The number of nitrogens with zero attached hydrogens (tertiary/aromatic N) is 2. The number of aromatic amines is 1. The molecule has 3 heteroatoms. The Bertz CT molecular complexity index is 633. The smallest absolute Gasteiger partial charge is 0.0991 e. The molecule has 3 nitrogen and oxygen atoms in total. The lowest BCUT2D eigenvalue weighted by atomic mass is 9.96. The Morgan fingerprint density at radius 1 is 1.32 bits per heavy atom. The molecule has 1 aromatic heterocycles. The summed E-state index contributed by atoms with van der Waals surface area (Å²) in [5, 5.41) is 10.3. The summed E-state index contributed by atoms with van der Waals surface area (Å²) in [7, 11) is 4.33. The van der Waals surface area contributed by atoms with Crippen LogP contribution in [0.25, 0.3) is 10.9 Å². The summed E-state index contributed by atoms with van der Waals surface area (Å²) in [6.45, 7) is 0. The van der Waals surface area contributed by atoms with Crippen LogP contribution in [0.15, 0.2) is 24.4 Å². The minimum Gasteiger partial charge on any atom is -0.361 e. The van der Waals surface area contributed by atoms with E-state index in [1.54, 1.807) is 0 Å². The summed E-state index contributed by atoms with van der Waals surface area (Å²) >= 11 is 0. The van der Waals surface area contributed by atoms with Crippen molar-refractivity contribution in [2.24, 2.45) is 0 Å². The van der Waals surface area contributed by atoms with Crippen LogP contribution in [0.3, 0.4) is 0 Å². The second kappa shape index (κ2) is 4.71. The van der Waals surface area contributed by atoms with Gasteiger partial charge in [-0.25, -0.2) is 0 Å². The Balaban J connectivity index is 1.95. The molecular formula is C16H19N3. The topological polar surface area (TPSA) is 42.8 Å². The molecule has 1 aromatic carbocycles. The molecule has 3 rings (SSSR count). The van der Waals surface area contributed by atoms with Crippen LogP contribution in [0.2, 0.25) is 0 Å². The van der Waals surface area contributed by atoms with Gasteiger partial charge in [-0.15, -0.1) is 0 Å². The SMILES string of the molecule is CN(C)C1CC[C@H](c2c[nH]c3ccc(C#N)cc23)C1. The van der Waals surface area contributed by atoms with Gasteiger partial charge in [0.05, 0.1) is 11.6 Å². The fraction of sp³-hybridized carbons (Fsp3) is 0.438. The van der Waals surface area contributed by atoms with Crippen LogP contribution in [0, 0.1) is 11.3 Å². The predicted octanol–water partition coefficient (Wildman–Crippen LogP) is 3.24. The van der Waals surface area contributed by atoms with Gasteiger partial charge in [0, 0.05) is 23.1 Å². The number of benzene rings is 1. The van der Waals surface area contributed by atoms with Crippen molar-refractivity contribution in [2.75, 3.05) is 14.1 Å². The predicted molar refractivity (Wildman–Crippen MR) is 77.1 cm³/mol. The first-order chi connectivity index (χ1) is 9.19. The molecule has 0 radical (unpaired) electrons. The molecule has 1 aliphatic rings. The van der Waals surface area contributed by atoms with Crippen LogP contribution in [-0.4, -0.2) is 30.0 Å². The van der Waals surface area contributed by atoms with Gasteiger partial charge in [-0.05, 0) is 63.0 Å². The minimum atomic E-state index is 0.620. The highest BCUT2D eigenvalue weighted by molar-refractivity contribution is 5.85. The number of nitriles is 1. The zero-order valence-corrected chi connectivity index (χ0v) is 11.5. The lowest BCUT2D eigenvalue weighted by molar-refractivity contribution is 0.297. The van der Waals surface area contributed by atoms with Gasteiger partial charge in [0.15, 0.2) is 0 Å². The molecule has 1 heterocycles. The van der Waals surface area contributed by atoms with Crippen LogP contribution in [0.1, 0.15) is 36.3 Å². The summed E-state index contributed by atoms with van der Waals surface area (Å²) in [6, 6.07) is 8.82. The number of hydrogen-bond acceptors (Lipinski definition) is 2. The van der Waals surface area contributed by atoms with Crippen LogP contribution in [0.5, 0.6) is 0 Å². The first-order valence-corrected chi connectivity index (χ1v) is 6.86. The molecule has 0 aliphatic heterocycles. The highest BCUT2D eigenvalue weighted by Gasteiger charge is 2.28. The van der Waals surface area contributed by atoms with Crippen molar-refractivity contribution in [3.05, 3.63) is 35.5 Å². The number of H-pyrrole nitrogens is 1. The number of rotatable bonds is 2. The second-order valence-corrected chi connectivity index (χ2v) is 5.74. The molecular weight excluding hydrogens is 234 g/mol. The molecule has 1 N–H and O–H groups in total. The van der Waals surface area contributed by atoms with E-state index in [1.807, 2.05) is 18.2 Å². The van der Waals surface area contributed by atoms with Crippen molar-refractivity contribution in [3.8, 4) is 6.07 Å². The molecule has 1 fully saturated rings. The fourth-order valence-corrected chi connectivity index (χ4v) is 3.26. The van der Waals surface area contributed by atoms with Gasteiger partial charge in [0.2, 0.25) is 0 Å². The van der Waals surface area contributed by atoms with Crippen molar-refractivity contribution >= 4 is 10.9 Å². The van der Waals surface area contributed by atoms with Crippen LogP contribution in [-0.2, 0) is 0 Å². The fourth-order valence-electron chi connectivity index (χ4n) is 3.26. The summed E-state index contributed by atoms with van der Waals surface area (Å²) in [4.78, 5) is 5.67. The molecule has 2 aromatic rings. The maximum absolute atomic E-state index is 9.04. The average Bonchev–Trinajstić information content (AvgIpc) is 3.03. The lowest BCUT2D eigenvalue weighted by Gasteiger charge is -2.18. The van der Waals surface area contributed by atoms with Crippen molar-refractivity contribution < 1.29 is 0 Å². The van der Waals surface area contributed by atoms with Crippen molar-refractivity contribution in [3.63, 3.8) is 0 Å². The number of nitrogens with one attached hydrogen (secondary N) is 1. The summed E-state index contributed by atoms with van der Waals surface area (Å²) in [5.74, 6) is 0.620. The van der Waals surface area contributed by atoms with Gasteiger partial charge in [-0.3, -0.25) is 0 Å². The molecule has 0 spiro atoms. The molecule has 0 saturated heterocycles. The Kier molecular flexibility index (Phi) is 3.04. The number of fused-ring (bicyclic) bond motifs is 1. The molecule has 1 aliphatic carbocycles. The van der Waals surface area contributed by atoms with Crippen LogP contribution in [0.4, 0.5) is 0 Å². The van der Waals surface area contributed by atoms with Gasteiger partial charge in [-0.1, -0.05) is 0 Å². The third-order valence-corrected chi connectivity index (χ3v) is 4.42.